The Bertz CT molecular complexity index is 660. The number of carbonyl (C=O) groups is 2. The molecule has 1 aliphatic carbocycles. The number of amides is 1. The number of carbonyl (C=O) groups excluding carboxylic acids is 1. The summed E-state index contributed by atoms with van der Waals surface area (Å²) in [5, 5.41) is 10.1. The lowest BCUT2D eigenvalue weighted by atomic mass is 10.0. The lowest BCUT2D eigenvalue weighted by Gasteiger charge is -2.40. The molecule has 6 nitrogen and oxygen atoms in total. The Morgan fingerprint density at radius 2 is 2.04 bits per heavy atom. The summed E-state index contributed by atoms with van der Waals surface area (Å²) in [6.07, 6.45) is 4.42. The van der Waals surface area contributed by atoms with E-state index in [1.54, 1.807) is 23.1 Å². The van der Waals surface area contributed by atoms with Gasteiger partial charge in [0.1, 0.15) is 11.8 Å². The minimum Gasteiger partial charge on any atom is -0.496 e. The molecule has 1 amide bonds. The number of hydrogen-bond acceptors (Lipinski definition) is 4. The summed E-state index contributed by atoms with van der Waals surface area (Å²) in [5.74, 6) is -0.616. The molecule has 1 aromatic carbocycles. The van der Waals surface area contributed by atoms with Gasteiger partial charge in [0.15, 0.2) is 0 Å². The normalized spacial score (nSPS) is 20.7. The molecule has 1 aliphatic heterocycles. The molecular weight excluding hydrogens is 344 g/mol. The number of rotatable bonds is 5. The summed E-state index contributed by atoms with van der Waals surface area (Å²) in [6, 6.07) is 4.36. The largest absolute Gasteiger partial charge is 0.496 e. The first-order valence-electron chi connectivity index (χ1n) is 8.61. The molecule has 1 aromatic rings. The van der Waals surface area contributed by atoms with Gasteiger partial charge in [-0.1, -0.05) is 30.5 Å². The van der Waals surface area contributed by atoms with Crippen molar-refractivity contribution in [3.8, 4) is 5.75 Å². The molecule has 1 atom stereocenters. The first-order chi connectivity index (χ1) is 12.0. The van der Waals surface area contributed by atoms with Crippen LogP contribution < -0.4 is 4.74 Å². The molecule has 1 saturated carbocycles. The van der Waals surface area contributed by atoms with E-state index >= 15 is 0 Å². The van der Waals surface area contributed by atoms with Crippen molar-refractivity contribution in [1.82, 2.24) is 9.80 Å². The van der Waals surface area contributed by atoms with Crippen LogP contribution in [-0.4, -0.2) is 59.6 Å². The minimum absolute atomic E-state index is 0.00424. The number of carboxylic acids is 1. The third kappa shape index (κ3) is 3.60. The van der Waals surface area contributed by atoms with Gasteiger partial charge in [0.25, 0.3) is 0 Å². The van der Waals surface area contributed by atoms with Gasteiger partial charge in [0.05, 0.1) is 13.7 Å². The Balaban J connectivity index is 1.83. The summed E-state index contributed by atoms with van der Waals surface area (Å²) < 4.78 is 5.31. The average Bonchev–Trinajstić information content (AvgIpc) is 3.10. The molecule has 2 aliphatic rings. The van der Waals surface area contributed by atoms with Crippen LogP contribution in [0.25, 0.3) is 0 Å². The highest BCUT2D eigenvalue weighted by molar-refractivity contribution is 6.31. The van der Waals surface area contributed by atoms with E-state index < -0.39 is 12.0 Å². The molecule has 0 aromatic heterocycles. The maximum atomic E-state index is 12.6. The Labute approximate surface area is 152 Å². The molecule has 2 fully saturated rings. The Hall–Kier alpha value is -1.79. The molecular formula is C18H23ClN2O4. The standard InChI is InChI=1S/C18H23ClN2O4/c1-25-14-8-4-7-13(19)16(14)17(18(23)24)20-9-10-21(15(22)11-20)12-5-2-3-6-12/h4,7-8,12,17H,2-3,5-6,9-11H2,1H3,(H,23,24). The van der Waals surface area contributed by atoms with E-state index in [0.29, 0.717) is 35.5 Å². The van der Waals surface area contributed by atoms with Crippen LogP contribution >= 0.6 is 11.6 Å². The number of ether oxygens (including phenoxy) is 1. The van der Waals surface area contributed by atoms with Crippen molar-refractivity contribution in [2.24, 2.45) is 0 Å². The monoisotopic (exact) mass is 366 g/mol. The molecule has 1 saturated heterocycles. The quantitative estimate of drug-likeness (QED) is 0.867. The summed E-state index contributed by atoms with van der Waals surface area (Å²) in [4.78, 5) is 28.2. The summed E-state index contributed by atoms with van der Waals surface area (Å²) in [7, 11) is 1.48. The lowest BCUT2D eigenvalue weighted by molar-refractivity contribution is -0.149. The smallest absolute Gasteiger partial charge is 0.325 e. The van der Waals surface area contributed by atoms with E-state index in [0.717, 1.165) is 25.7 Å². The number of halogens is 1. The first kappa shape index (κ1) is 18.0. The van der Waals surface area contributed by atoms with Crippen LogP contribution in [0, 0.1) is 0 Å². The van der Waals surface area contributed by atoms with Gasteiger partial charge in [0.2, 0.25) is 5.91 Å². The van der Waals surface area contributed by atoms with Crippen molar-refractivity contribution in [2.75, 3.05) is 26.7 Å². The van der Waals surface area contributed by atoms with Crippen LogP contribution in [0.15, 0.2) is 18.2 Å². The molecule has 1 unspecified atom stereocenters. The van der Waals surface area contributed by atoms with Crippen LogP contribution in [0.2, 0.25) is 5.02 Å². The maximum absolute atomic E-state index is 12.6. The van der Waals surface area contributed by atoms with Crippen molar-refractivity contribution in [2.45, 2.75) is 37.8 Å². The third-order valence-electron chi connectivity index (χ3n) is 5.16. The maximum Gasteiger partial charge on any atom is 0.325 e. The first-order valence-corrected chi connectivity index (χ1v) is 8.99. The number of hydrogen-bond donors (Lipinski definition) is 1. The van der Waals surface area contributed by atoms with Gasteiger partial charge in [0, 0.05) is 29.7 Å². The number of nitrogens with zero attached hydrogens (tertiary/aromatic N) is 2. The highest BCUT2D eigenvalue weighted by Gasteiger charge is 2.38. The highest BCUT2D eigenvalue weighted by atomic mass is 35.5. The van der Waals surface area contributed by atoms with E-state index in [-0.39, 0.29) is 12.5 Å². The molecule has 25 heavy (non-hydrogen) atoms. The highest BCUT2D eigenvalue weighted by Crippen LogP contribution is 2.36. The van der Waals surface area contributed by atoms with Crippen molar-refractivity contribution >= 4 is 23.5 Å². The van der Waals surface area contributed by atoms with Gasteiger partial charge >= 0.3 is 5.97 Å². The molecule has 136 valence electrons. The van der Waals surface area contributed by atoms with E-state index in [9.17, 15) is 14.7 Å². The van der Waals surface area contributed by atoms with Crippen LogP contribution in [0.5, 0.6) is 5.75 Å². The van der Waals surface area contributed by atoms with Crippen LogP contribution in [-0.2, 0) is 9.59 Å². The van der Waals surface area contributed by atoms with Gasteiger partial charge < -0.3 is 14.7 Å². The van der Waals surface area contributed by atoms with Gasteiger partial charge in [-0.25, -0.2) is 0 Å². The van der Waals surface area contributed by atoms with E-state index in [1.807, 2.05) is 4.90 Å². The van der Waals surface area contributed by atoms with E-state index in [2.05, 4.69) is 0 Å². The molecule has 0 spiro atoms. The molecule has 0 radical (unpaired) electrons. The summed E-state index contributed by atoms with van der Waals surface area (Å²) >= 11 is 6.27. The van der Waals surface area contributed by atoms with Crippen LogP contribution in [0.4, 0.5) is 0 Å². The second-order valence-corrected chi connectivity index (χ2v) is 7.00. The summed E-state index contributed by atoms with van der Waals surface area (Å²) in [5.41, 5.74) is 0.404. The zero-order valence-electron chi connectivity index (χ0n) is 14.3. The fourth-order valence-electron chi connectivity index (χ4n) is 3.95. The zero-order chi connectivity index (χ0) is 18.0. The van der Waals surface area contributed by atoms with Gasteiger partial charge in [-0.3, -0.25) is 14.5 Å². The van der Waals surface area contributed by atoms with Gasteiger partial charge in [-0.15, -0.1) is 0 Å². The van der Waals surface area contributed by atoms with Crippen molar-refractivity contribution in [3.63, 3.8) is 0 Å². The van der Waals surface area contributed by atoms with E-state index in [1.165, 1.54) is 7.11 Å². The zero-order valence-corrected chi connectivity index (χ0v) is 15.0. The second-order valence-electron chi connectivity index (χ2n) is 6.59. The predicted octanol–water partition coefficient (Wildman–Crippen LogP) is 2.56. The van der Waals surface area contributed by atoms with Gasteiger partial charge in [-0.2, -0.15) is 0 Å². The fourth-order valence-corrected chi connectivity index (χ4v) is 4.22. The fraction of sp³-hybridized carbons (Fsp3) is 0.556. The van der Waals surface area contributed by atoms with Crippen molar-refractivity contribution in [1.29, 1.82) is 0 Å². The molecule has 1 heterocycles. The topological polar surface area (TPSA) is 70.1 Å². The van der Waals surface area contributed by atoms with Gasteiger partial charge in [-0.05, 0) is 25.0 Å². The Kier molecular flexibility index (Phi) is 5.49. The molecule has 3 rings (SSSR count). The lowest BCUT2D eigenvalue weighted by Crippen LogP contribution is -2.55. The van der Waals surface area contributed by atoms with Crippen molar-refractivity contribution < 1.29 is 19.4 Å². The van der Waals surface area contributed by atoms with Crippen molar-refractivity contribution in [3.05, 3.63) is 28.8 Å². The van der Waals surface area contributed by atoms with Crippen LogP contribution in [0.1, 0.15) is 37.3 Å². The minimum atomic E-state index is -1.03. The predicted molar refractivity (Wildman–Crippen MR) is 93.9 cm³/mol. The molecule has 7 heteroatoms. The Morgan fingerprint density at radius 1 is 1.32 bits per heavy atom. The van der Waals surface area contributed by atoms with Crippen LogP contribution in [0.3, 0.4) is 0 Å². The number of benzene rings is 1. The Morgan fingerprint density at radius 3 is 2.64 bits per heavy atom. The van der Waals surface area contributed by atoms with E-state index in [4.69, 9.17) is 16.3 Å². The third-order valence-corrected chi connectivity index (χ3v) is 5.49. The number of carboxylic acid groups (broad SMARTS) is 1. The number of methoxy groups -OCH3 is 1. The molecule has 0 bridgehead atoms. The number of aliphatic carboxylic acids is 1. The molecule has 1 N–H and O–H groups in total. The average molecular weight is 367 g/mol. The second kappa shape index (κ2) is 7.62. The summed E-state index contributed by atoms with van der Waals surface area (Å²) in [6.45, 7) is 1.15. The number of piperazine rings is 1. The SMILES string of the molecule is COc1cccc(Cl)c1C(C(=O)O)N1CCN(C2CCCC2)C(=O)C1.